The van der Waals surface area contributed by atoms with Gasteiger partial charge < -0.3 is 14.6 Å². The number of ether oxygens (including phenoxy) is 1. The van der Waals surface area contributed by atoms with Crippen LogP contribution in [0.1, 0.15) is 5.56 Å². The molecular formula is C14H14FN5O. The molecule has 1 N–H and O–H groups in total. The van der Waals surface area contributed by atoms with E-state index in [9.17, 15) is 4.39 Å². The summed E-state index contributed by atoms with van der Waals surface area (Å²) in [5.41, 5.74) is 2.03. The maximum Gasteiger partial charge on any atom is 0.312 e. The summed E-state index contributed by atoms with van der Waals surface area (Å²) in [5.74, 6) is 1.17. The first-order valence-corrected chi connectivity index (χ1v) is 6.39. The Morgan fingerprint density at radius 2 is 2.00 bits per heavy atom. The van der Waals surface area contributed by atoms with Gasteiger partial charge in [0.15, 0.2) is 17.0 Å². The van der Waals surface area contributed by atoms with Gasteiger partial charge in [-0.15, -0.1) is 0 Å². The topological polar surface area (TPSA) is 64.9 Å². The average Bonchev–Trinajstić information content (AvgIpc) is 2.87. The smallest absolute Gasteiger partial charge is 0.312 e. The van der Waals surface area contributed by atoms with Crippen LogP contribution in [-0.4, -0.2) is 26.6 Å². The molecule has 2 aromatic heterocycles. The molecule has 3 aromatic rings. The predicted octanol–water partition coefficient (Wildman–Crippen LogP) is 2.12. The fourth-order valence-corrected chi connectivity index (χ4v) is 2.03. The summed E-state index contributed by atoms with van der Waals surface area (Å²) in [7, 11) is 3.38. The fourth-order valence-electron chi connectivity index (χ4n) is 2.03. The predicted molar refractivity (Wildman–Crippen MR) is 76.6 cm³/mol. The summed E-state index contributed by atoms with van der Waals surface area (Å²) in [6, 6.07) is 7.60. The lowest BCUT2D eigenvalue weighted by atomic mass is 10.2. The van der Waals surface area contributed by atoms with Gasteiger partial charge in [-0.25, -0.2) is 4.98 Å². The molecule has 0 bridgehead atoms. The molecule has 2 heterocycles. The number of hydrogen-bond donors (Lipinski definition) is 1. The summed E-state index contributed by atoms with van der Waals surface area (Å²) >= 11 is 0. The normalized spacial score (nSPS) is 10.8. The van der Waals surface area contributed by atoms with E-state index in [0.29, 0.717) is 23.5 Å². The van der Waals surface area contributed by atoms with Crippen LogP contribution in [0.2, 0.25) is 0 Å². The lowest BCUT2D eigenvalue weighted by Gasteiger charge is -2.07. The van der Waals surface area contributed by atoms with Crippen molar-refractivity contribution in [1.82, 2.24) is 19.5 Å². The minimum atomic E-state index is -0.775. The Morgan fingerprint density at radius 1 is 1.24 bits per heavy atom. The molecule has 3 rings (SSSR count). The number of rotatable bonds is 4. The number of fused-ring (bicyclic) bond motifs is 1. The molecule has 7 heteroatoms. The standard InChI is InChI=1S/C14H14FN5O/c1-20-8-17-11-12(18-14(15)19-13(11)20)16-7-9-3-5-10(21-2)6-4-9/h3-6,8H,7H2,1-2H3,(H,16,18,19). The van der Waals surface area contributed by atoms with Crippen LogP contribution in [-0.2, 0) is 13.6 Å². The maximum absolute atomic E-state index is 13.5. The van der Waals surface area contributed by atoms with Gasteiger partial charge in [0.1, 0.15) is 5.75 Å². The van der Waals surface area contributed by atoms with Crippen molar-refractivity contribution in [1.29, 1.82) is 0 Å². The van der Waals surface area contributed by atoms with E-state index in [1.54, 1.807) is 25.1 Å². The molecule has 0 aliphatic heterocycles. The average molecular weight is 287 g/mol. The first-order valence-electron chi connectivity index (χ1n) is 6.39. The van der Waals surface area contributed by atoms with E-state index in [1.807, 2.05) is 24.3 Å². The number of benzene rings is 1. The molecule has 0 saturated heterocycles. The number of aromatic nitrogens is 4. The molecule has 0 saturated carbocycles. The molecule has 0 aliphatic carbocycles. The minimum Gasteiger partial charge on any atom is -0.497 e. The zero-order valence-electron chi connectivity index (χ0n) is 11.7. The molecule has 21 heavy (non-hydrogen) atoms. The summed E-state index contributed by atoms with van der Waals surface area (Å²) in [6.07, 6.45) is 0.806. The number of nitrogens with zero attached hydrogens (tertiary/aromatic N) is 4. The van der Waals surface area contributed by atoms with Gasteiger partial charge in [0.2, 0.25) is 0 Å². The van der Waals surface area contributed by atoms with Crippen LogP contribution in [0.25, 0.3) is 11.2 Å². The largest absolute Gasteiger partial charge is 0.497 e. The summed E-state index contributed by atoms with van der Waals surface area (Å²) in [6.45, 7) is 0.506. The quantitative estimate of drug-likeness (QED) is 0.745. The van der Waals surface area contributed by atoms with Gasteiger partial charge >= 0.3 is 6.08 Å². The van der Waals surface area contributed by atoms with Crippen molar-refractivity contribution >= 4 is 17.0 Å². The van der Waals surface area contributed by atoms with E-state index in [4.69, 9.17) is 4.74 Å². The van der Waals surface area contributed by atoms with E-state index in [2.05, 4.69) is 20.3 Å². The molecule has 0 atom stereocenters. The van der Waals surface area contributed by atoms with Gasteiger partial charge in [0.25, 0.3) is 0 Å². The number of hydrogen-bond acceptors (Lipinski definition) is 5. The number of imidazole rings is 1. The van der Waals surface area contributed by atoms with Crippen LogP contribution in [0.5, 0.6) is 5.75 Å². The molecule has 0 radical (unpaired) electrons. The third-order valence-corrected chi connectivity index (χ3v) is 3.15. The van der Waals surface area contributed by atoms with Crippen molar-refractivity contribution in [3.8, 4) is 5.75 Å². The fraction of sp³-hybridized carbons (Fsp3) is 0.214. The van der Waals surface area contributed by atoms with Crippen molar-refractivity contribution in [2.24, 2.45) is 7.05 Å². The van der Waals surface area contributed by atoms with Crippen molar-refractivity contribution in [3.63, 3.8) is 0 Å². The van der Waals surface area contributed by atoms with Gasteiger partial charge in [0.05, 0.1) is 13.4 Å². The molecule has 0 spiro atoms. The van der Waals surface area contributed by atoms with E-state index < -0.39 is 6.08 Å². The summed E-state index contributed by atoms with van der Waals surface area (Å²) in [4.78, 5) is 11.7. The van der Waals surface area contributed by atoms with Crippen molar-refractivity contribution < 1.29 is 9.13 Å². The van der Waals surface area contributed by atoms with E-state index >= 15 is 0 Å². The first kappa shape index (κ1) is 13.3. The Balaban J connectivity index is 1.84. The molecule has 6 nitrogen and oxygen atoms in total. The highest BCUT2D eigenvalue weighted by Gasteiger charge is 2.11. The number of halogens is 1. The van der Waals surface area contributed by atoms with Crippen molar-refractivity contribution in [2.45, 2.75) is 6.54 Å². The minimum absolute atomic E-state index is 0.383. The Bertz CT molecular complexity index is 769. The van der Waals surface area contributed by atoms with E-state index in [1.165, 1.54) is 0 Å². The number of anilines is 1. The Morgan fingerprint density at radius 3 is 2.71 bits per heavy atom. The number of methoxy groups -OCH3 is 1. The van der Waals surface area contributed by atoms with Gasteiger partial charge in [-0.05, 0) is 17.7 Å². The second kappa shape index (κ2) is 5.35. The highest BCUT2D eigenvalue weighted by Crippen LogP contribution is 2.19. The third-order valence-electron chi connectivity index (χ3n) is 3.15. The van der Waals surface area contributed by atoms with E-state index in [-0.39, 0.29) is 0 Å². The molecule has 0 unspecified atom stereocenters. The molecule has 0 aliphatic rings. The van der Waals surface area contributed by atoms with Gasteiger partial charge in [-0.2, -0.15) is 14.4 Å². The molecule has 108 valence electrons. The van der Waals surface area contributed by atoms with Gasteiger partial charge in [0, 0.05) is 13.6 Å². The van der Waals surface area contributed by atoms with E-state index in [0.717, 1.165) is 11.3 Å². The van der Waals surface area contributed by atoms with Crippen molar-refractivity contribution in [3.05, 3.63) is 42.2 Å². The monoisotopic (exact) mass is 287 g/mol. The van der Waals surface area contributed by atoms with Gasteiger partial charge in [-0.1, -0.05) is 12.1 Å². The van der Waals surface area contributed by atoms with Crippen LogP contribution in [0.4, 0.5) is 10.2 Å². The zero-order valence-corrected chi connectivity index (χ0v) is 11.7. The Labute approximate surface area is 120 Å². The highest BCUT2D eigenvalue weighted by atomic mass is 19.1. The summed E-state index contributed by atoms with van der Waals surface area (Å²) < 4.78 is 20.2. The van der Waals surface area contributed by atoms with Crippen LogP contribution in [0, 0.1) is 6.08 Å². The van der Waals surface area contributed by atoms with Gasteiger partial charge in [-0.3, -0.25) is 0 Å². The zero-order chi connectivity index (χ0) is 14.8. The maximum atomic E-state index is 13.5. The molecule has 1 aromatic carbocycles. The second-order valence-electron chi connectivity index (χ2n) is 4.57. The molecular weight excluding hydrogens is 273 g/mol. The van der Waals surface area contributed by atoms with Crippen LogP contribution in [0.15, 0.2) is 30.6 Å². The van der Waals surface area contributed by atoms with Crippen LogP contribution < -0.4 is 10.1 Å². The lowest BCUT2D eigenvalue weighted by molar-refractivity contribution is 0.414. The number of aryl methyl sites for hydroxylation is 1. The van der Waals surface area contributed by atoms with Crippen molar-refractivity contribution in [2.75, 3.05) is 12.4 Å². The Kier molecular flexibility index (Phi) is 3.39. The molecule has 0 amide bonds. The summed E-state index contributed by atoms with van der Waals surface area (Å²) in [5, 5.41) is 3.09. The number of nitrogens with one attached hydrogen (secondary N) is 1. The first-order chi connectivity index (χ1) is 10.2. The third kappa shape index (κ3) is 2.62. The Hall–Kier alpha value is -2.70. The van der Waals surface area contributed by atoms with Crippen LogP contribution in [0.3, 0.4) is 0 Å². The SMILES string of the molecule is COc1ccc(CNc2nc(F)nc3c2ncn3C)cc1. The highest BCUT2D eigenvalue weighted by molar-refractivity contribution is 5.82. The second-order valence-corrected chi connectivity index (χ2v) is 4.57. The van der Waals surface area contributed by atoms with Crippen LogP contribution >= 0.6 is 0 Å². The lowest BCUT2D eigenvalue weighted by Crippen LogP contribution is -2.05. The molecule has 0 fully saturated rings.